The second kappa shape index (κ2) is 12.8. The van der Waals surface area contributed by atoms with E-state index in [0.717, 1.165) is 0 Å². The van der Waals surface area contributed by atoms with Crippen molar-refractivity contribution in [1.29, 1.82) is 0 Å². The highest BCUT2D eigenvalue weighted by Crippen LogP contribution is 2.45. The Labute approximate surface area is 306 Å². The largest absolute Gasteiger partial charge is 0.0622 e. The fourth-order valence-electron chi connectivity index (χ4n) is 7.92. The predicted octanol–water partition coefficient (Wildman–Crippen LogP) is 14.8. The Kier molecular flexibility index (Phi) is 7.82. The first-order chi connectivity index (χ1) is 25.4. The van der Waals surface area contributed by atoms with Gasteiger partial charge in [-0.1, -0.05) is 191 Å². The van der Waals surface area contributed by atoms with E-state index in [9.17, 15) is 0 Å². The van der Waals surface area contributed by atoms with Gasteiger partial charge in [-0.3, -0.25) is 0 Å². The average Bonchev–Trinajstić information content (AvgIpc) is 3.19. The van der Waals surface area contributed by atoms with E-state index in [2.05, 4.69) is 209 Å². The molecule has 0 heteroatoms. The van der Waals surface area contributed by atoms with E-state index >= 15 is 0 Å². The number of benzene rings is 9. The molecule has 9 aromatic rings. The van der Waals surface area contributed by atoms with Crippen molar-refractivity contribution in [1.82, 2.24) is 0 Å². The van der Waals surface area contributed by atoms with E-state index in [-0.39, 0.29) is 5.41 Å². The summed E-state index contributed by atoms with van der Waals surface area (Å²) in [6.07, 6.45) is 0. The monoisotopic (exact) mass is 664 g/mol. The van der Waals surface area contributed by atoms with Crippen LogP contribution in [0.25, 0.3) is 88.0 Å². The number of rotatable bonds is 5. The third-order valence-corrected chi connectivity index (χ3v) is 10.6. The second-order valence-electron chi connectivity index (χ2n) is 14.9. The minimum Gasteiger partial charge on any atom is -0.0622 e. The average molecular weight is 665 g/mol. The summed E-state index contributed by atoms with van der Waals surface area (Å²) in [6, 6.07) is 69.3. The van der Waals surface area contributed by atoms with Crippen LogP contribution >= 0.6 is 0 Å². The Morgan fingerprint density at radius 2 is 0.731 bits per heavy atom. The van der Waals surface area contributed by atoms with Crippen LogP contribution in [0.15, 0.2) is 188 Å². The standard InChI is InChI=1S/C52H40/c1-52(2,3)43-29-26-37(27-30-43)50-45-18-10-12-20-47(45)51(48-21-13-11-19-46(48)50)42-25-23-38-32-41(24-22-39(38)33-42)49-34-40(35-14-6-4-7-15-35)28-31-44(49)36-16-8-5-9-17-36/h4-34H,1-3H3. The van der Waals surface area contributed by atoms with Crippen molar-refractivity contribution >= 4 is 32.3 Å². The lowest BCUT2D eigenvalue weighted by Gasteiger charge is -2.21. The van der Waals surface area contributed by atoms with Gasteiger partial charge in [-0.15, -0.1) is 0 Å². The predicted molar refractivity (Wildman–Crippen MR) is 225 cm³/mol. The second-order valence-corrected chi connectivity index (χ2v) is 14.9. The highest BCUT2D eigenvalue weighted by Gasteiger charge is 2.19. The summed E-state index contributed by atoms with van der Waals surface area (Å²) in [5.74, 6) is 0. The fourth-order valence-corrected chi connectivity index (χ4v) is 7.92. The zero-order valence-corrected chi connectivity index (χ0v) is 29.9. The first-order valence-corrected chi connectivity index (χ1v) is 18.3. The van der Waals surface area contributed by atoms with Crippen molar-refractivity contribution in [3.63, 3.8) is 0 Å². The van der Waals surface area contributed by atoms with Crippen LogP contribution in [0.3, 0.4) is 0 Å². The van der Waals surface area contributed by atoms with E-state index in [1.54, 1.807) is 0 Å². The highest BCUT2D eigenvalue weighted by atomic mass is 14.2. The van der Waals surface area contributed by atoms with Crippen LogP contribution in [-0.4, -0.2) is 0 Å². The molecule has 0 aliphatic rings. The van der Waals surface area contributed by atoms with Crippen molar-refractivity contribution in [3.05, 3.63) is 194 Å². The molecule has 0 aromatic heterocycles. The van der Waals surface area contributed by atoms with Gasteiger partial charge in [0.15, 0.2) is 0 Å². The first kappa shape index (κ1) is 31.7. The summed E-state index contributed by atoms with van der Waals surface area (Å²) < 4.78 is 0. The van der Waals surface area contributed by atoms with Crippen LogP contribution in [0.1, 0.15) is 26.3 Å². The summed E-state index contributed by atoms with van der Waals surface area (Å²) in [7, 11) is 0. The van der Waals surface area contributed by atoms with Crippen LogP contribution in [-0.2, 0) is 5.41 Å². The van der Waals surface area contributed by atoms with Crippen molar-refractivity contribution in [3.8, 4) is 55.6 Å². The summed E-state index contributed by atoms with van der Waals surface area (Å²) in [4.78, 5) is 0. The summed E-state index contributed by atoms with van der Waals surface area (Å²) in [6.45, 7) is 6.83. The molecular formula is C52H40. The molecule has 0 nitrogen and oxygen atoms in total. The van der Waals surface area contributed by atoms with Crippen LogP contribution in [0.4, 0.5) is 0 Å². The van der Waals surface area contributed by atoms with Crippen molar-refractivity contribution in [2.45, 2.75) is 26.2 Å². The lowest BCUT2D eigenvalue weighted by molar-refractivity contribution is 0.590. The van der Waals surface area contributed by atoms with Gasteiger partial charge >= 0.3 is 0 Å². The molecule has 52 heavy (non-hydrogen) atoms. The molecule has 0 N–H and O–H groups in total. The van der Waals surface area contributed by atoms with Crippen molar-refractivity contribution in [2.24, 2.45) is 0 Å². The smallest absolute Gasteiger partial charge is 0.00262 e. The molecule has 0 heterocycles. The van der Waals surface area contributed by atoms with Crippen LogP contribution in [0.5, 0.6) is 0 Å². The van der Waals surface area contributed by atoms with Gasteiger partial charge < -0.3 is 0 Å². The lowest BCUT2D eigenvalue weighted by atomic mass is 9.83. The van der Waals surface area contributed by atoms with E-state index in [1.165, 1.54) is 93.5 Å². The summed E-state index contributed by atoms with van der Waals surface area (Å²) >= 11 is 0. The maximum absolute atomic E-state index is 2.38. The molecule has 0 spiro atoms. The van der Waals surface area contributed by atoms with Gasteiger partial charge in [0.1, 0.15) is 0 Å². The molecule has 9 aromatic carbocycles. The van der Waals surface area contributed by atoms with Gasteiger partial charge in [0.25, 0.3) is 0 Å². The van der Waals surface area contributed by atoms with Crippen LogP contribution in [0.2, 0.25) is 0 Å². The maximum Gasteiger partial charge on any atom is -0.00262 e. The molecule has 0 fully saturated rings. The van der Waals surface area contributed by atoms with E-state index in [0.29, 0.717) is 0 Å². The molecule has 0 unspecified atom stereocenters. The van der Waals surface area contributed by atoms with Gasteiger partial charge in [0.05, 0.1) is 0 Å². The zero-order chi connectivity index (χ0) is 35.2. The van der Waals surface area contributed by atoms with Crippen LogP contribution < -0.4 is 0 Å². The minimum absolute atomic E-state index is 0.111. The molecular weight excluding hydrogens is 625 g/mol. The van der Waals surface area contributed by atoms with Gasteiger partial charge in [-0.2, -0.15) is 0 Å². The van der Waals surface area contributed by atoms with Crippen molar-refractivity contribution < 1.29 is 0 Å². The van der Waals surface area contributed by atoms with E-state index < -0.39 is 0 Å². The van der Waals surface area contributed by atoms with Crippen molar-refractivity contribution in [2.75, 3.05) is 0 Å². The quantitative estimate of drug-likeness (QED) is 0.161. The fraction of sp³-hybridized carbons (Fsp3) is 0.0769. The van der Waals surface area contributed by atoms with Gasteiger partial charge in [0.2, 0.25) is 0 Å². The summed E-state index contributed by atoms with van der Waals surface area (Å²) in [5, 5.41) is 7.57. The molecule has 9 rings (SSSR count). The Bertz CT molecular complexity index is 2670. The molecule has 0 saturated carbocycles. The molecule has 0 bridgehead atoms. The normalized spacial score (nSPS) is 11.8. The van der Waals surface area contributed by atoms with Crippen LogP contribution in [0, 0.1) is 0 Å². The van der Waals surface area contributed by atoms with E-state index in [1.807, 2.05) is 0 Å². The number of hydrogen-bond donors (Lipinski definition) is 0. The zero-order valence-electron chi connectivity index (χ0n) is 29.9. The third kappa shape index (κ3) is 5.67. The first-order valence-electron chi connectivity index (χ1n) is 18.3. The van der Waals surface area contributed by atoms with Gasteiger partial charge in [-0.05, 0) is 117 Å². The van der Waals surface area contributed by atoms with Gasteiger partial charge in [0, 0.05) is 0 Å². The van der Waals surface area contributed by atoms with E-state index in [4.69, 9.17) is 0 Å². The Morgan fingerprint density at radius 1 is 0.288 bits per heavy atom. The molecule has 0 aliphatic carbocycles. The number of fused-ring (bicyclic) bond motifs is 3. The van der Waals surface area contributed by atoms with Gasteiger partial charge in [-0.25, -0.2) is 0 Å². The molecule has 0 amide bonds. The maximum atomic E-state index is 2.38. The Morgan fingerprint density at radius 3 is 1.29 bits per heavy atom. The summed E-state index contributed by atoms with van der Waals surface area (Å²) in [5.41, 5.74) is 13.9. The Balaban J connectivity index is 1.19. The number of hydrogen-bond acceptors (Lipinski definition) is 0. The highest BCUT2D eigenvalue weighted by molar-refractivity contribution is 6.21. The minimum atomic E-state index is 0.111. The lowest BCUT2D eigenvalue weighted by Crippen LogP contribution is -2.10. The molecule has 248 valence electrons. The topological polar surface area (TPSA) is 0 Å². The molecule has 0 atom stereocenters. The SMILES string of the molecule is CC(C)(C)c1ccc(-c2c3ccccc3c(-c3ccc4cc(-c5cc(-c6ccccc6)ccc5-c5ccccc5)ccc4c3)c3ccccc23)cc1. The Hall–Kier alpha value is -6.24. The molecule has 0 aliphatic heterocycles. The molecule has 0 radical (unpaired) electrons. The molecule has 0 saturated heterocycles. The third-order valence-electron chi connectivity index (χ3n) is 10.6.